The van der Waals surface area contributed by atoms with Gasteiger partial charge in [0.1, 0.15) is 5.82 Å². The fourth-order valence-electron chi connectivity index (χ4n) is 2.26. The molecule has 0 aromatic carbocycles. The van der Waals surface area contributed by atoms with Crippen molar-refractivity contribution in [1.29, 1.82) is 0 Å². The predicted molar refractivity (Wildman–Crippen MR) is 67.5 cm³/mol. The zero-order chi connectivity index (χ0) is 11.0. The number of alkyl halides is 1. The van der Waals surface area contributed by atoms with E-state index in [1.807, 2.05) is 0 Å². The third kappa shape index (κ3) is 2.18. The molecule has 1 unspecified atom stereocenters. The molecule has 0 spiro atoms. The van der Waals surface area contributed by atoms with Gasteiger partial charge in [0.15, 0.2) is 0 Å². The maximum absolute atomic E-state index is 5.79. The summed E-state index contributed by atoms with van der Waals surface area (Å²) in [5, 5.41) is 1.12. The van der Waals surface area contributed by atoms with Crippen molar-refractivity contribution >= 4 is 28.3 Å². The summed E-state index contributed by atoms with van der Waals surface area (Å²) in [6.07, 6.45) is 4.95. The van der Waals surface area contributed by atoms with Crippen molar-refractivity contribution < 1.29 is 0 Å². The first-order chi connectivity index (χ1) is 7.86. The van der Waals surface area contributed by atoms with Crippen molar-refractivity contribution in [2.75, 3.05) is 23.9 Å². The Kier molecular flexibility index (Phi) is 3.03. The van der Waals surface area contributed by atoms with Crippen LogP contribution in [-0.2, 0) is 0 Å². The second kappa shape index (κ2) is 4.49. The van der Waals surface area contributed by atoms with E-state index in [1.54, 1.807) is 11.5 Å². The fourth-order valence-corrected chi connectivity index (χ4v) is 3.35. The van der Waals surface area contributed by atoms with Gasteiger partial charge in [-0.3, -0.25) is 0 Å². The Hall–Kier alpha value is -0.350. The minimum atomic E-state index is 0.672. The Bertz CT molecular complexity index is 364. The smallest absolute Gasteiger partial charge is 0.205 e. The topological polar surface area (TPSA) is 29.0 Å². The Balaban J connectivity index is 1.63. The summed E-state index contributed by atoms with van der Waals surface area (Å²) in [5.74, 6) is 3.29. The number of hydrogen-bond acceptors (Lipinski definition) is 4. The zero-order valence-corrected chi connectivity index (χ0v) is 10.8. The second-order valence-electron chi connectivity index (χ2n) is 4.79. The molecule has 0 bridgehead atoms. The highest BCUT2D eigenvalue weighted by Crippen LogP contribution is 2.40. The van der Waals surface area contributed by atoms with Gasteiger partial charge in [-0.05, 0) is 31.6 Å². The van der Waals surface area contributed by atoms with Gasteiger partial charge >= 0.3 is 0 Å². The SMILES string of the molecule is ClCCC1CCN(c2nc(C3CC3)ns2)C1. The van der Waals surface area contributed by atoms with Crippen LogP contribution in [0.2, 0.25) is 0 Å². The molecule has 1 aromatic rings. The normalized spacial score (nSPS) is 25.3. The fraction of sp³-hybridized carbons (Fsp3) is 0.818. The number of hydrogen-bond donors (Lipinski definition) is 0. The van der Waals surface area contributed by atoms with Gasteiger partial charge < -0.3 is 4.90 Å². The van der Waals surface area contributed by atoms with Gasteiger partial charge in [-0.15, -0.1) is 11.6 Å². The van der Waals surface area contributed by atoms with E-state index < -0.39 is 0 Å². The monoisotopic (exact) mass is 257 g/mol. The molecule has 1 aliphatic carbocycles. The minimum Gasteiger partial charge on any atom is -0.347 e. The number of anilines is 1. The molecule has 1 atom stereocenters. The molecule has 3 nitrogen and oxygen atoms in total. The molecule has 16 heavy (non-hydrogen) atoms. The van der Waals surface area contributed by atoms with Gasteiger partial charge in [0, 0.05) is 36.4 Å². The molecule has 5 heteroatoms. The van der Waals surface area contributed by atoms with Gasteiger partial charge in [-0.2, -0.15) is 4.37 Å². The molecule has 0 radical (unpaired) electrons. The first kappa shape index (κ1) is 10.8. The van der Waals surface area contributed by atoms with Gasteiger partial charge in [0.25, 0.3) is 0 Å². The van der Waals surface area contributed by atoms with Crippen LogP contribution in [0.15, 0.2) is 0 Å². The van der Waals surface area contributed by atoms with Crippen LogP contribution in [0.5, 0.6) is 0 Å². The van der Waals surface area contributed by atoms with Crippen LogP contribution < -0.4 is 4.90 Å². The van der Waals surface area contributed by atoms with Gasteiger partial charge in [0.2, 0.25) is 5.13 Å². The summed E-state index contributed by atoms with van der Waals surface area (Å²) in [6, 6.07) is 0. The molecule has 0 N–H and O–H groups in total. The summed E-state index contributed by atoms with van der Waals surface area (Å²) in [6.45, 7) is 2.24. The van der Waals surface area contributed by atoms with E-state index in [4.69, 9.17) is 11.6 Å². The van der Waals surface area contributed by atoms with Crippen LogP contribution in [0.3, 0.4) is 0 Å². The average molecular weight is 258 g/mol. The van der Waals surface area contributed by atoms with Crippen LogP contribution in [-0.4, -0.2) is 28.3 Å². The molecule has 1 saturated carbocycles. The molecular formula is C11H16ClN3S. The molecule has 3 rings (SSSR count). The molecule has 0 amide bonds. The third-order valence-electron chi connectivity index (χ3n) is 3.45. The van der Waals surface area contributed by atoms with Crippen LogP contribution in [0, 0.1) is 5.92 Å². The lowest BCUT2D eigenvalue weighted by Gasteiger charge is -2.13. The molecule has 2 fully saturated rings. The lowest BCUT2D eigenvalue weighted by Crippen LogP contribution is -2.19. The van der Waals surface area contributed by atoms with E-state index in [1.165, 1.54) is 19.3 Å². The highest BCUT2D eigenvalue weighted by molar-refractivity contribution is 7.09. The summed E-state index contributed by atoms with van der Waals surface area (Å²) in [4.78, 5) is 7.02. The van der Waals surface area contributed by atoms with Crippen LogP contribution in [0.25, 0.3) is 0 Å². The lowest BCUT2D eigenvalue weighted by molar-refractivity contribution is 0.572. The molecule has 88 valence electrons. The van der Waals surface area contributed by atoms with Crippen LogP contribution in [0.4, 0.5) is 5.13 Å². The average Bonchev–Trinajstić information content (AvgIpc) is 2.85. The second-order valence-corrected chi connectivity index (χ2v) is 5.90. The first-order valence-corrected chi connectivity index (χ1v) is 7.32. The Labute approximate surface area is 105 Å². The molecular weight excluding hydrogens is 242 g/mol. The first-order valence-electron chi connectivity index (χ1n) is 6.01. The Morgan fingerprint density at radius 3 is 3.00 bits per heavy atom. The minimum absolute atomic E-state index is 0.672. The summed E-state index contributed by atoms with van der Waals surface area (Å²) in [5.41, 5.74) is 0. The van der Waals surface area contributed by atoms with E-state index in [9.17, 15) is 0 Å². The molecule has 2 heterocycles. The summed E-state index contributed by atoms with van der Waals surface area (Å²) < 4.78 is 4.46. The van der Waals surface area contributed by atoms with Crippen molar-refractivity contribution in [2.24, 2.45) is 5.92 Å². The van der Waals surface area contributed by atoms with E-state index in [0.29, 0.717) is 5.92 Å². The van der Waals surface area contributed by atoms with Crippen molar-refractivity contribution in [1.82, 2.24) is 9.36 Å². The van der Waals surface area contributed by atoms with Crippen molar-refractivity contribution in [2.45, 2.75) is 31.6 Å². The standard InChI is InChI=1S/C11H16ClN3S/c12-5-3-8-4-6-15(7-8)11-13-10(14-16-11)9-1-2-9/h8-9H,1-7H2. The summed E-state index contributed by atoms with van der Waals surface area (Å²) in [7, 11) is 0. The Morgan fingerprint density at radius 2 is 2.25 bits per heavy atom. The number of rotatable bonds is 4. The predicted octanol–water partition coefficient (Wildman–Crippen LogP) is 2.87. The number of aromatic nitrogens is 2. The lowest BCUT2D eigenvalue weighted by atomic mass is 10.1. The zero-order valence-electron chi connectivity index (χ0n) is 9.23. The molecule has 1 aromatic heterocycles. The van der Waals surface area contributed by atoms with E-state index in [-0.39, 0.29) is 0 Å². The Morgan fingerprint density at radius 1 is 1.38 bits per heavy atom. The maximum atomic E-state index is 5.79. The highest BCUT2D eigenvalue weighted by Gasteiger charge is 2.30. The van der Waals surface area contributed by atoms with Crippen molar-refractivity contribution in [3.63, 3.8) is 0 Å². The van der Waals surface area contributed by atoms with E-state index in [2.05, 4.69) is 14.3 Å². The van der Waals surface area contributed by atoms with Gasteiger partial charge in [-0.25, -0.2) is 4.98 Å². The molecule has 2 aliphatic rings. The quantitative estimate of drug-likeness (QED) is 0.777. The van der Waals surface area contributed by atoms with E-state index in [0.717, 1.165) is 42.3 Å². The largest absolute Gasteiger partial charge is 0.347 e. The van der Waals surface area contributed by atoms with Crippen LogP contribution >= 0.6 is 23.1 Å². The van der Waals surface area contributed by atoms with Crippen molar-refractivity contribution in [3.05, 3.63) is 5.82 Å². The highest BCUT2D eigenvalue weighted by atomic mass is 35.5. The van der Waals surface area contributed by atoms with Gasteiger partial charge in [-0.1, -0.05) is 0 Å². The van der Waals surface area contributed by atoms with Crippen molar-refractivity contribution in [3.8, 4) is 0 Å². The van der Waals surface area contributed by atoms with Crippen LogP contribution in [0.1, 0.15) is 37.4 Å². The maximum Gasteiger partial charge on any atom is 0.205 e. The summed E-state index contributed by atoms with van der Waals surface area (Å²) >= 11 is 7.35. The number of nitrogens with zero attached hydrogens (tertiary/aromatic N) is 3. The molecule has 1 saturated heterocycles. The third-order valence-corrected chi connectivity index (χ3v) is 4.46. The molecule has 1 aliphatic heterocycles. The van der Waals surface area contributed by atoms with Gasteiger partial charge in [0.05, 0.1) is 0 Å². The van der Waals surface area contributed by atoms with E-state index >= 15 is 0 Å². The number of halogens is 1.